The number of amides is 1. The maximum atomic E-state index is 13.2. The summed E-state index contributed by atoms with van der Waals surface area (Å²) in [5, 5.41) is 0. The molecule has 0 atom stereocenters. The van der Waals surface area contributed by atoms with Gasteiger partial charge in [0, 0.05) is 16.8 Å². The second-order valence-corrected chi connectivity index (χ2v) is 5.58. The topological polar surface area (TPSA) is 20.3 Å². The Balaban J connectivity index is 2.50. The molecule has 21 heavy (non-hydrogen) atoms. The minimum Gasteiger partial charge on any atom is -0.281 e. The molecule has 0 N–H and O–H groups in total. The summed E-state index contributed by atoms with van der Waals surface area (Å²) >= 11 is 0. The van der Waals surface area contributed by atoms with E-state index in [-0.39, 0.29) is 11.3 Å². The molecule has 110 valence electrons. The lowest BCUT2D eigenvalue weighted by Crippen LogP contribution is -2.39. The standard InChI is InChI=1S/C19H23NO/c1-4-19(3,5-2)18(21)20(16-12-8-6-9-13-16)17-14-10-7-11-15-17/h6-15H,4-5H2,1-3H3. The molecule has 0 radical (unpaired) electrons. The van der Waals surface area contributed by atoms with Crippen molar-refractivity contribution in [2.75, 3.05) is 4.90 Å². The smallest absolute Gasteiger partial charge is 0.237 e. The van der Waals surface area contributed by atoms with Crippen molar-refractivity contribution in [2.24, 2.45) is 5.41 Å². The lowest BCUT2D eigenvalue weighted by Gasteiger charge is -2.33. The summed E-state index contributed by atoms with van der Waals surface area (Å²) in [6.45, 7) is 6.21. The highest BCUT2D eigenvalue weighted by atomic mass is 16.2. The van der Waals surface area contributed by atoms with Crippen molar-refractivity contribution in [3.63, 3.8) is 0 Å². The summed E-state index contributed by atoms with van der Waals surface area (Å²) in [6.07, 6.45) is 1.66. The summed E-state index contributed by atoms with van der Waals surface area (Å²) in [6, 6.07) is 19.7. The van der Waals surface area contributed by atoms with Gasteiger partial charge in [-0.25, -0.2) is 0 Å². The first-order valence-electron chi connectivity index (χ1n) is 7.57. The molecule has 0 fully saturated rings. The van der Waals surface area contributed by atoms with Crippen molar-refractivity contribution >= 4 is 17.3 Å². The fourth-order valence-corrected chi connectivity index (χ4v) is 2.36. The second-order valence-electron chi connectivity index (χ2n) is 5.58. The molecule has 0 saturated heterocycles. The Morgan fingerprint density at radius 2 is 1.24 bits per heavy atom. The lowest BCUT2D eigenvalue weighted by molar-refractivity contribution is -0.127. The molecule has 0 saturated carbocycles. The number of rotatable bonds is 5. The Morgan fingerprint density at radius 3 is 1.57 bits per heavy atom. The zero-order valence-electron chi connectivity index (χ0n) is 13.0. The average molecular weight is 281 g/mol. The molecule has 2 aromatic carbocycles. The monoisotopic (exact) mass is 281 g/mol. The Kier molecular flexibility index (Phi) is 4.79. The van der Waals surface area contributed by atoms with Crippen molar-refractivity contribution in [3.05, 3.63) is 60.7 Å². The molecule has 2 rings (SSSR count). The average Bonchev–Trinajstić information content (AvgIpc) is 2.56. The van der Waals surface area contributed by atoms with Gasteiger partial charge in [0.05, 0.1) is 0 Å². The van der Waals surface area contributed by atoms with Gasteiger partial charge in [0.2, 0.25) is 5.91 Å². The Bertz CT molecular complexity index is 534. The van der Waals surface area contributed by atoms with E-state index in [1.807, 2.05) is 72.5 Å². The highest BCUT2D eigenvalue weighted by molar-refractivity contribution is 6.03. The van der Waals surface area contributed by atoms with Crippen LogP contribution in [0.15, 0.2) is 60.7 Å². The molecule has 0 aliphatic heterocycles. The molecule has 0 aliphatic carbocycles. The van der Waals surface area contributed by atoms with E-state index in [0.29, 0.717) is 0 Å². The van der Waals surface area contributed by atoms with Gasteiger partial charge in [-0.1, -0.05) is 57.2 Å². The van der Waals surface area contributed by atoms with E-state index in [9.17, 15) is 4.79 Å². The number of nitrogens with zero attached hydrogens (tertiary/aromatic N) is 1. The Labute approximate surface area is 127 Å². The quantitative estimate of drug-likeness (QED) is 0.739. The van der Waals surface area contributed by atoms with Crippen molar-refractivity contribution < 1.29 is 4.79 Å². The van der Waals surface area contributed by atoms with E-state index in [1.165, 1.54) is 0 Å². The van der Waals surface area contributed by atoms with Crippen molar-refractivity contribution in [2.45, 2.75) is 33.6 Å². The molecule has 0 unspecified atom stereocenters. The normalized spacial score (nSPS) is 11.2. The predicted octanol–water partition coefficient (Wildman–Crippen LogP) is 5.18. The largest absolute Gasteiger partial charge is 0.281 e. The van der Waals surface area contributed by atoms with Gasteiger partial charge >= 0.3 is 0 Å². The van der Waals surface area contributed by atoms with E-state index in [2.05, 4.69) is 13.8 Å². The minimum atomic E-state index is -0.342. The number of hydrogen-bond acceptors (Lipinski definition) is 1. The van der Waals surface area contributed by atoms with Gasteiger partial charge in [-0.2, -0.15) is 0 Å². The first-order chi connectivity index (χ1) is 10.1. The number of carbonyl (C=O) groups excluding carboxylic acids is 1. The zero-order chi connectivity index (χ0) is 15.3. The van der Waals surface area contributed by atoms with Crippen LogP contribution in [0, 0.1) is 5.41 Å². The van der Waals surface area contributed by atoms with Gasteiger partial charge in [0.1, 0.15) is 0 Å². The van der Waals surface area contributed by atoms with Crippen LogP contribution in [0.1, 0.15) is 33.6 Å². The minimum absolute atomic E-state index is 0.157. The lowest BCUT2D eigenvalue weighted by atomic mass is 9.83. The van der Waals surface area contributed by atoms with Gasteiger partial charge in [0.15, 0.2) is 0 Å². The van der Waals surface area contributed by atoms with Crippen LogP contribution >= 0.6 is 0 Å². The van der Waals surface area contributed by atoms with E-state index >= 15 is 0 Å². The first kappa shape index (κ1) is 15.3. The first-order valence-corrected chi connectivity index (χ1v) is 7.57. The molecule has 2 heteroatoms. The highest BCUT2D eigenvalue weighted by Crippen LogP contribution is 2.35. The zero-order valence-corrected chi connectivity index (χ0v) is 13.0. The van der Waals surface area contributed by atoms with Gasteiger partial charge in [-0.05, 0) is 37.1 Å². The predicted molar refractivity (Wildman–Crippen MR) is 88.7 cm³/mol. The summed E-state index contributed by atoms with van der Waals surface area (Å²) in [4.78, 5) is 15.0. The molecule has 2 nitrogen and oxygen atoms in total. The Hall–Kier alpha value is -2.09. The van der Waals surface area contributed by atoms with Crippen LogP contribution < -0.4 is 4.90 Å². The molecular weight excluding hydrogens is 258 g/mol. The molecule has 2 aromatic rings. The number of benzene rings is 2. The van der Waals surface area contributed by atoms with E-state index in [4.69, 9.17) is 0 Å². The maximum absolute atomic E-state index is 13.2. The van der Waals surface area contributed by atoms with Crippen LogP contribution in [0.2, 0.25) is 0 Å². The molecule has 1 amide bonds. The fraction of sp³-hybridized carbons (Fsp3) is 0.316. The summed E-state index contributed by atoms with van der Waals surface area (Å²) in [5.41, 5.74) is 1.50. The number of hydrogen-bond donors (Lipinski definition) is 0. The number of para-hydroxylation sites is 2. The fourth-order valence-electron chi connectivity index (χ4n) is 2.36. The molecule has 0 heterocycles. The maximum Gasteiger partial charge on any atom is 0.237 e. The van der Waals surface area contributed by atoms with Crippen molar-refractivity contribution in [1.29, 1.82) is 0 Å². The van der Waals surface area contributed by atoms with Crippen LogP contribution in [-0.2, 0) is 4.79 Å². The third-order valence-electron chi connectivity index (χ3n) is 4.31. The SMILES string of the molecule is CCC(C)(CC)C(=O)N(c1ccccc1)c1ccccc1. The molecule has 0 aliphatic rings. The summed E-state index contributed by atoms with van der Waals surface area (Å²) in [5.74, 6) is 0.157. The molecular formula is C19H23NO. The highest BCUT2D eigenvalue weighted by Gasteiger charge is 2.34. The van der Waals surface area contributed by atoms with Crippen LogP contribution in [0.5, 0.6) is 0 Å². The molecule has 0 bridgehead atoms. The number of anilines is 2. The van der Waals surface area contributed by atoms with Gasteiger partial charge in [0.25, 0.3) is 0 Å². The van der Waals surface area contributed by atoms with Gasteiger partial charge in [-0.3, -0.25) is 9.69 Å². The summed E-state index contributed by atoms with van der Waals surface area (Å²) < 4.78 is 0. The van der Waals surface area contributed by atoms with E-state index < -0.39 is 0 Å². The van der Waals surface area contributed by atoms with Crippen molar-refractivity contribution in [1.82, 2.24) is 0 Å². The second kappa shape index (κ2) is 6.57. The molecule has 0 aromatic heterocycles. The third-order valence-corrected chi connectivity index (χ3v) is 4.31. The summed E-state index contributed by atoms with van der Waals surface area (Å²) in [7, 11) is 0. The van der Waals surface area contributed by atoms with Crippen LogP contribution in [0.25, 0.3) is 0 Å². The third kappa shape index (κ3) is 3.15. The Morgan fingerprint density at radius 1 is 0.857 bits per heavy atom. The van der Waals surface area contributed by atoms with E-state index in [1.54, 1.807) is 0 Å². The van der Waals surface area contributed by atoms with Crippen LogP contribution in [-0.4, -0.2) is 5.91 Å². The molecule has 0 spiro atoms. The van der Waals surface area contributed by atoms with Gasteiger partial charge in [-0.15, -0.1) is 0 Å². The van der Waals surface area contributed by atoms with Crippen LogP contribution in [0.3, 0.4) is 0 Å². The van der Waals surface area contributed by atoms with E-state index in [0.717, 1.165) is 24.2 Å². The van der Waals surface area contributed by atoms with Crippen molar-refractivity contribution in [3.8, 4) is 0 Å². The number of carbonyl (C=O) groups is 1. The van der Waals surface area contributed by atoms with Gasteiger partial charge < -0.3 is 0 Å². The van der Waals surface area contributed by atoms with Crippen LogP contribution in [0.4, 0.5) is 11.4 Å².